The highest BCUT2D eigenvalue weighted by molar-refractivity contribution is 6.32. The van der Waals surface area contributed by atoms with Gasteiger partial charge in [-0.3, -0.25) is 4.79 Å². The Kier molecular flexibility index (Phi) is 7.37. The number of piperazine rings is 1. The van der Waals surface area contributed by atoms with Crippen LogP contribution in [0.1, 0.15) is 5.56 Å². The van der Waals surface area contributed by atoms with Crippen molar-refractivity contribution in [2.45, 2.75) is 6.92 Å². The van der Waals surface area contributed by atoms with Crippen LogP contribution in [0.15, 0.2) is 48.5 Å². The third-order valence-electron chi connectivity index (χ3n) is 5.72. The fraction of sp³-hybridized carbons (Fsp3) is 0.320. The Morgan fingerprint density at radius 1 is 0.912 bits per heavy atom. The van der Waals surface area contributed by atoms with Crippen LogP contribution < -0.4 is 19.1 Å². The van der Waals surface area contributed by atoms with E-state index in [2.05, 4.69) is 15.1 Å². The molecule has 0 unspecified atom stereocenters. The third kappa shape index (κ3) is 5.34. The van der Waals surface area contributed by atoms with Gasteiger partial charge in [0.15, 0.2) is 23.9 Å². The van der Waals surface area contributed by atoms with Crippen LogP contribution in [0.3, 0.4) is 0 Å². The first kappa shape index (κ1) is 23.6. The number of nitrogens with zero attached hydrogens (tertiary/aromatic N) is 4. The number of methoxy groups -OCH3 is 2. The first-order valence-corrected chi connectivity index (χ1v) is 11.3. The maximum Gasteiger partial charge on any atom is 0.260 e. The summed E-state index contributed by atoms with van der Waals surface area (Å²) in [6.07, 6.45) is 0. The largest absolute Gasteiger partial charge is 0.493 e. The lowest BCUT2D eigenvalue weighted by Gasteiger charge is -2.35. The lowest BCUT2D eigenvalue weighted by atomic mass is 10.1. The van der Waals surface area contributed by atoms with Gasteiger partial charge in [0.1, 0.15) is 5.75 Å². The summed E-state index contributed by atoms with van der Waals surface area (Å²) in [7, 11) is 3.21. The molecule has 1 aliphatic rings. The normalized spacial score (nSPS) is 13.5. The number of amides is 1. The fourth-order valence-electron chi connectivity index (χ4n) is 3.78. The van der Waals surface area contributed by atoms with Crippen LogP contribution in [-0.2, 0) is 4.79 Å². The SMILES string of the molecule is COc1ccc(-c2ccc(N3CCN(C(=O)COc4cc(C)ccc4Cl)CC3)nn2)cc1OC. The molecule has 1 amide bonds. The van der Waals surface area contributed by atoms with Gasteiger partial charge in [0.2, 0.25) is 0 Å². The average Bonchev–Trinajstić information content (AvgIpc) is 2.88. The summed E-state index contributed by atoms with van der Waals surface area (Å²) in [5.74, 6) is 2.54. The van der Waals surface area contributed by atoms with Crippen LogP contribution in [0.2, 0.25) is 5.02 Å². The van der Waals surface area contributed by atoms with Gasteiger partial charge in [-0.05, 0) is 55.0 Å². The van der Waals surface area contributed by atoms with Crippen molar-refractivity contribution < 1.29 is 19.0 Å². The molecule has 0 aliphatic carbocycles. The number of anilines is 1. The predicted molar refractivity (Wildman–Crippen MR) is 131 cm³/mol. The fourth-order valence-corrected chi connectivity index (χ4v) is 3.95. The molecule has 0 bridgehead atoms. The quantitative estimate of drug-likeness (QED) is 0.506. The number of carbonyl (C=O) groups excluding carboxylic acids is 1. The minimum Gasteiger partial charge on any atom is -0.493 e. The molecule has 0 atom stereocenters. The molecule has 1 aromatic heterocycles. The van der Waals surface area contributed by atoms with Crippen LogP contribution >= 0.6 is 11.6 Å². The van der Waals surface area contributed by atoms with Crippen molar-refractivity contribution in [3.63, 3.8) is 0 Å². The van der Waals surface area contributed by atoms with Crippen LogP contribution in [0.5, 0.6) is 17.2 Å². The first-order valence-electron chi connectivity index (χ1n) is 11.0. The smallest absolute Gasteiger partial charge is 0.260 e. The van der Waals surface area contributed by atoms with Crippen LogP contribution in [0.4, 0.5) is 5.82 Å². The highest BCUT2D eigenvalue weighted by atomic mass is 35.5. The van der Waals surface area contributed by atoms with Gasteiger partial charge in [0, 0.05) is 31.7 Å². The number of hydrogen-bond donors (Lipinski definition) is 0. The molecule has 0 saturated carbocycles. The number of ether oxygens (including phenoxy) is 3. The summed E-state index contributed by atoms with van der Waals surface area (Å²) in [5, 5.41) is 9.29. The molecule has 1 aliphatic heterocycles. The average molecular weight is 483 g/mol. The van der Waals surface area contributed by atoms with Crippen molar-refractivity contribution in [1.29, 1.82) is 0 Å². The van der Waals surface area contributed by atoms with Crippen LogP contribution in [0, 0.1) is 6.92 Å². The van der Waals surface area contributed by atoms with E-state index < -0.39 is 0 Å². The number of benzene rings is 2. The van der Waals surface area contributed by atoms with Gasteiger partial charge in [-0.2, -0.15) is 0 Å². The predicted octanol–water partition coefficient (Wildman–Crippen LogP) is 3.85. The molecule has 34 heavy (non-hydrogen) atoms. The standard InChI is InChI=1S/C25H27ClN4O4/c1-17-4-6-19(26)22(14-17)34-16-25(31)30-12-10-29(11-13-30)24-9-7-20(27-28-24)18-5-8-21(32-2)23(15-18)33-3/h4-9,14-15H,10-13,16H2,1-3H3. The number of carbonyl (C=O) groups is 1. The minimum absolute atomic E-state index is 0.0387. The maximum atomic E-state index is 12.6. The van der Waals surface area contributed by atoms with E-state index in [0.29, 0.717) is 48.5 Å². The van der Waals surface area contributed by atoms with E-state index >= 15 is 0 Å². The first-order chi connectivity index (χ1) is 16.5. The van der Waals surface area contributed by atoms with E-state index in [1.165, 1.54) is 0 Å². The molecule has 0 spiro atoms. The Bertz CT molecular complexity index is 1150. The lowest BCUT2D eigenvalue weighted by Crippen LogP contribution is -2.50. The van der Waals surface area contributed by atoms with Crippen molar-refractivity contribution >= 4 is 23.3 Å². The van der Waals surface area contributed by atoms with Gasteiger partial charge in [-0.15, -0.1) is 10.2 Å². The van der Waals surface area contributed by atoms with Gasteiger partial charge in [-0.25, -0.2) is 0 Å². The number of hydrogen-bond acceptors (Lipinski definition) is 7. The molecular formula is C25H27ClN4O4. The van der Waals surface area contributed by atoms with Gasteiger partial charge in [0.25, 0.3) is 5.91 Å². The molecule has 9 heteroatoms. The molecule has 178 valence electrons. The second kappa shape index (κ2) is 10.6. The van der Waals surface area contributed by atoms with E-state index in [9.17, 15) is 4.79 Å². The van der Waals surface area contributed by atoms with Gasteiger partial charge >= 0.3 is 0 Å². The van der Waals surface area contributed by atoms with Crippen molar-refractivity contribution in [3.8, 4) is 28.5 Å². The van der Waals surface area contributed by atoms with E-state index in [1.54, 1.807) is 25.2 Å². The van der Waals surface area contributed by atoms with E-state index in [0.717, 1.165) is 22.6 Å². The van der Waals surface area contributed by atoms with Gasteiger partial charge < -0.3 is 24.0 Å². The molecule has 4 rings (SSSR count). The topological polar surface area (TPSA) is 77.0 Å². The summed E-state index contributed by atoms with van der Waals surface area (Å²) in [5.41, 5.74) is 2.66. The molecule has 1 fully saturated rings. The molecule has 0 radical (unpaired) electrons. The third-order valence-corrected chi connectivity index (χ3v) is 6.04. The highest BCUT2D eigenvalue weighted by Crippen LogP contribution is 2.31. The highest BCUT2D eigenvalue weighted by Gasteiger charge is 2.23. The van der Waals surface area contributed by atoms with Crippen LogP contribution in [0.25, 0.3) is 11.3 Å². The molecule has 8 nitrogen and oxygen atoms in total. The molecule has 0 N–H and O–H groups in total. The second-order valence-electron chi connectivity index (χ2n) is 7.94. The Balaban J connectivity index is 1.32. The second-order valence-corrected chi connectivity index (χ2v) is 8.34. The Labute approximate surface area is 204 Å². The summed E-state index contributed by atoms with van der Waals surface area (Å²) in [6, 6.07) is 15.0. The molecule has 2 aromatic carbocycles. The van der Waals surface area contributed by atoms with Crippen molar-refractivity contribution in [2.24, 2.45) is 0 Å². The zero-order valence-electron chi connectivity index (χ0n) is 19.5. The zero-order chi connectivity index (χ0) is 24.1. The number of aromatic nitrogens is 2. The van der Waals surface area contributed by atoms with Gasteiger partial charge in [0.05, 0.1) is 24.9 Å². The van der Waals surface area contributed by atoms with Gasteiger partial charge in [-0.1, -0.05) is 17.7 Å². The summed E-state index contributed by atoms with van der Waals surface area (Å²) >= 11 is 6.15. The monoisotopic (exact) mass is 482 g/mol. The summed E-state index contributed by atoms with van der Waals surface area (Å²) < 4.78 is 16.3. The number of rotatable bonds is 7. The lowest BCUT2D eigenvalue weighted by molar-refractivity contribution is -0.133. The van der Waals surface area contributed by atoms with E-state index in [-0.39, 0.29) is 12.5 Å². The minimum atomic E-state index is -0.0629. The van der Waals surface area contributed by atoms with Crippen molar-refractivity contribution in [3.05, 3.63) is 59.1 Å². The summed E-state index contributed by atoms with van der Waals surface area (Å²) in [6.45, 7) is 4.42. The summed E-state index contributed by atoms with van der Waals surface area (Å²) in [4.78, 5) is 16.5. The van der Waals surface area contributed by atoms with Crippen LogP contribution in [-0.4, -0.2) is 68.0 Å². The Morgan fingerprint density at radius 3 is 2.35 bits per heavy atom. The molecular weight excluding hydrogens is 456 g/mol. The molecule has 1 saturated heterocycles. The molecule has 3 aromatic rings. The van der Waals surface area contributed by atoms with E-state index in [1.807, 2.05) is 49.4 Å². The Hall–Kier alpha value is -3.52. The van der Waals surface area contributed by atoms with Crippen molar-refractivity contribution in [2.75, 3.05) is 51.9 Å². The number of aryl methyl sites for hydroxylation is 1. The van der Waals surface area contributed by atoms with E-state index in [4.69, 9.17) is 25.8 Å². The zero-order valence-corrected chi connectivity index (χ0v) is 20.2. The maximum absolute atomic E-state index is 12.6. The Morgan fingerprint density at radius 2 is 1.68 bits per heavy atom. The molecule has 2 heterocycles. The number of halogens is 1. The van der Waals surface area contributed by atoms with Crippen molar-refractivity contribution in [1.82, 2.24) is 15.1 Å².